The molecule has 1 unspecified atom stereocenters. The molecular formula is C13H18FN. The summed E-state index contributed by atoms with van der Waals surface area (Å²) >= 11 is 0. The van der Waals surface area contributed by atoms with E-state index in [1.165, 1.54) is 5.56 Å². The van der Waals surface area contributed by atoms with Crippen LogP contribution in [0.15, 0.2) is 30.3 Å². The summed E-state index contributed by atoms with van der Waals surface area (Å²) in [5.41, 5.74) is 0.258. The van der Waals surface area contributed by atoms with Crippen molar-refractivity contribution in [1.29, 1.82) is 0 Å². The molecule has 1 heterocycles. The maximum Gasteiger partial charge on any atom is 0.123 e. The van der Waals surface area contributed by atoms with Gasteiger partial charge in [0.1, 0.15) is 5.67 Å². The molecule has 15 heavy (non-hydrogen) atoms. The Hall–Kier alpha value is -0.890. The van der Waals surface area contributed by atoms with Crippen molar-refractivity contribution in [2.24, 2.45) is 0 Å². The molecule has 1 aliphatic heterocycles. The van der Waals surface area contributed by atoms with Gasteiger partial charge >= 0.3 is 0 Å². The number of piperidine rings is 1. The molecule has 2 heteroatoms. The molecule has 1 saturated heterocycles. The van der Waals surface area contributed by atoms with E-state index >= 15 is 0 Å². The monoisotopic (exact) mass is 207 g/mol. The largest absolute Gasteiger partial charge is 0.314 e. The molecule has 82 valence electrons. The Morgan fingerprint density at radius 3 is 2.73 bits per heavy atom. The van der Waals surface area contributed by atoms with Gasteiger partial charge in [0.2, 0.25) is 0 Å². The Kier molecular flexibility index (Phi) is 3.37. The highest BCUT2D eigenvalue weighted by Gasteiger charge is 2.30. The Morgan fingerprint density at radius 2 is 2.07 bits per heavy atom. The maximum absolute atomic E-state index is 14.2. The van der Waals surface area contributed by atoms with E-state index in [0.717, 1.165) is 19.4 Å². The molecule has 1 N–H and O–H groups in total. The predicted octanol–water partition coefficient (Wildman–Crippen LogP) is 2.71. The number of alkyl halides is 1. The minimum absolute atomic E-state index is 0.528. The van der Waals surface area contributed by atoms with Gasteiger partial charge in [0.15, 0.2) is 0 Å². The first-order valence-corrected chi connectivity index (χ1v) is 5.72. The lowest BCUT2D eigenvalue weighted by Crippen LogP contribution is -2.42. The van der Waals surface area contributed by atoms with E-state index < -0.39 is 5.67 Å². The van der Waals surface area contributed by atoms with E-state index in [4.69, 9.17) is 0 Å². The first-order valence-electron chi connectivity index (χ1n) is 5.72. The standard InChI is InChI=1S/C13H18FN/c14-13(8-4-10-15-11-13)9-7-12-5-2-1-3-6-12/h1-3,5-6,15H,4,7-11H2. The molecule has 0 saturated carbocycles. The van der Waals surface area contributed by atoms with Crippen molar-refractivity contribution in [3.63, 3.8) is 0 Å². The van der Waals surface area contributed by atoms with Crippen molar-refractivity contribution in [3.05, 3.63) is 35.9 Å². The molecule has 1 aliphatic rings. The van der Waals surface area contributed by atoms with Gasteiger partial charge in [-0.15, -0.1) is 0 Å². The fourth-order valence-electron chi connectivity index (χ4n) is 2.16. The predicted molar refractivity (Wildman–Crippen MR) is 60.7 cm³/mol. The first kappa shape index (κ1) is 10.6. The summed E-state index contributed by atoms with van der Waals surface area (Å²) in [5.74, 6) is 0. The van der Waals surface area contributed by atoms with Crippen LogP contribution in [0.5, 0.6) is 0 Å². The van der Waals surface area contributed by atoms with Crippen molar-refractivity contribution in [1.82, 2.24) is 5.32 Å². The number of rotatable bonds is 3. The van der Waals surface area contributed by atoms with E-state index in [1.807, 2.05) is 18.2 Å². The van der Waals surface area contributed by atoms with Crippen LogP contribution in [-0.2, 0) is 6.42 Å². The van der Waals surface area contributed by atoms with E-state index in [-0.39, 0.29) is 0 Å². The minimum Gasteiger partial charge on any atom is -0.314 e. The van der Waals surface area contributed by atoms with Crippen molar-refractivity contribution in [3.8, 4) is 0 Å². The lowest BCUT2D eigenvalue weighted by Gasteiger charge is -2.30. The SMILES string of the molecule is FC1(CCc2ccccc2)CCCNC1. The number of nitrogens with one attached hydrogen (secondary N) is 1. The highest BCUT2D eigenvalue weighted by atomic mass is 19.1. The summed E-state index contributed by atoms with van der Waals surface area (Å²) < 4.78 is 14.2. The Labute approximate surface area is 90.7 Å². The van der Waals surface area contributed by atoms with Crippen LogP contribution in [0.3, 0.4) is 0 Å². The quantitative estimate of drug-likeness (QED) is 0.803. The summed E-state index contributed by atoms with van der Waals surface area (Å²) in [6.07, 6.45) is 3.17. The van der Waals surface area contributed by atoms with Crippen LogP contribution in [0, 0.1) is 0 Å². The third kappa shape index (κ3) is 3.03. The smallest absolute Gasteiger partial charge is 0.123 e. The second-order valence-corrected chi connectivity index (χ2v) is 4.42. The van der Waals surface area contributed by atoms with Gasteiger partial charge in [-0.3, -0.25) is 0 Å². The van der Waals surface area contributed by atoms with Crippen LogP contribution < -0.4 is 5.32 Å². The molecule has 1 fully saturated rings. The van der Waals surface area contributed by atoms with Crippen molar-refractivity contribution in [2.75, 3.05) is 13.1 Å². The van der Waals surface area contributed by atoms with Gasteiger partial charge in [-0.25, -0.2) is 4.39 Å². The van der Waals surface area contributed by atoms with Gasteiger partial charge in [0.25, 0.3) is 0 Å². The third-order valence-electron chi connectivity index (χ3n) is 3.12. The number of hydrogen-bond donors (Lipinski definition) is 1. The molecule has 1 nitrogen and oxygen atoms in total. The van der Waals surface area contributed by atoms with E-state index in [2.05, 4.69) is 17.4 Å². The number of aryl methyl sites for hydroxylation is 1. The summed E-state index contributed by atoms with van der Waals surface area (Å²) in [7, 11) is 0. The van der Waals surface area contributed by atoms with Gasteiger partial charge < -0.3 is 5.32 Å². The Bertz CT molecular complexity index is 291. The van der Waals surface area contributed by atoms with Crippen molar-refractivity contribution in [2.45, 2.75) is 31.4 Å². The van der Waals surface area contributed by atoms with Gasteiger partial charge in [0, 0.05) is 6.54 Å². The van der Waals surface area contributed by atoms with Gasteiger partial charge in [-0.2, -0.15) is 0 Å². The zero-order valence-corrected chi connectivity index (χ0v) is 9.01. The topological polar surface area (TPSA) is 12.0 Å². The highest BCUT2D eigenvalue weighted by Crippen LogP contribution is 2.26. The lowest BCUT2D eigenvalue weighted by atomic mass is 9.90. The van der Waals surface area contributed by atoms with E-state index in [0.29, 0.717) is 19.4 Å². The second-order valence-electron chi connectivity index (χ2n) is 4.42. The van der Waals surface area contributed by atoms with E-state index in [1.54, 1.807) is 0 Å². The lowest BCUT2D eigenvalue weighted by molar-refractivity contribution is 0.111. The van der Waals surface area contributed by atoms with E-state index in [9.17, 15) is 4.39 Å². The van der Waals surface area contributed by atoms with Crippen molar-refractivity contribution >= 4 is 0 Å². The number of halogens is 1. The van der Waals surface area contributed by atoms with Gasteiger partial charge in [0.05, 0.1) is 0 Å². The third-order valence-corrected chi connectivity index (χ3v) is 3.12. The molecule has 2 rings (SSSR count). The maximum atomic E-state index is 14.2. The molecule has 0 spiro atoms. The molecule has 0 radical (unpaired) electrons. The minimum atomic E-state index is -0.978. The first-order chi connectivity index (χ1) is 7.29. The molecular weight excluding hydrogens is 189 g/mol. The van der Waals surface area contributed by atoms with Crippen LogP contribution in [-0.4, -0.2) is 18.8 Å². The molecule has 0 amide bonds. The number of benzene rings is 1. The van der Waals surface area contributed by atoms with Crippen molar-refractivity contribution < 1.29 is 4.39 Å². The molecule has 1 atom stereocenters. The van der Waals surface area contributed by atoms with Crippen LogP contribution >= 0.6 is 0 Å². The zero-order chi connectivity index (χ0) is 10.6. The number of hydrogen-bond acceptors (Lipinski definition) is 1. The average Bonchev–Trinajstić information content (AvgIpc) is 2.29. The summed E-state index contributed by atoms with van der Waals surface area (Å²) in [5, 5.41) is 3.14. The van der Waals surface area contributed by atoms with Crippen LogP contribution in [0.25, 0.3) is 0 Å². The average molecular weight is 207 g/mol. The molecule has 1 aromatic rings. The normalized spacial score (nSPS) is 26.5. The Morgan fingerprint density at radius 1 is 1.27 bits per heavy atom. The molecule has 0 aliphatic carbocycles. The molecule has 1 aromatic carbocycles. The van der Waals surface area contributed by atoms with Crippen LogP contribution in [0.1, 0.15) is 24.8 Å². The summed E-state index contributed by atoms with van der Waals surface area (Å²) in [4.78, 5) is 0. The zero-order valence-electron chi connectivity index (χ0n) is 9.01. The van der Waals surface area contributed by atoms with Crippen LogP contribution in [0.2, 0.25) is 0 Å². The van der Waals surface area contributed by atoms with Gasteiger partial charge in [-0.1, -0.05) is 30.3 Å². The fraction of sp³-hybridized carbons (Fsp3) is 0.538. The van der Waals surface area contributed by atoms with Crippen LogP contribution in [0.4, 0.5) is 4.39 Å². The highest BCUT2D eigenvalue weighted by molar-refractivity contribution is 5.15. The van der Waals surface area contributed by atoms with Gasteiger partial charge in [-0.05, 0) is 37.8 Å². The molecule has 0 aromatic heterocycles. The second kappa shape index (κ2) is 4.75. The fourth-order valence-corrected chi connectivity index (χ4v) is 2.16. The summed E-state index contributed by atoms with van der Waals surface area (Å²) in [6, 6.07) is 10.2. The molecule has 0 bridgehead atoms. The Balaban J connectivity index is 1.87. The summed E-state index contributed by atoms with van der Waals surface area (Å²) in [6.45, 7) is 1.50.